The van der Waals surface area contributed by atoms with Crippen molar-refractivity contribution in [2.45, 2.75) is 18.7 Å². The van der Waals surface area contributed by atoms with E-state index in [-0.39, 0.29) is 5.91 Å². The van der Waals surface area contributed by atoms with Gasteiger partial charge in [-0.05, 0) is 49.2 Å². The van der Waals surface area contributed by atoms with Crippen LogP contribution in [0.15, 0.2) is 65.0 Å². The SMILES string of the molecule is CC(=O)NSc1ccc(NC=O)cc1.Cc1nc(-c2csc3ccccc23)cnc1N. The Hall–Kier alpha value is -3.43. The predicted molar refractivity (Wildman–Crippen MR) is 128 cm³/mol. The fourth-order valence-electron chi connectivity index (χ4n) is 2.61. The molecule has 0 unspecified atom stereocenters. The quantitative estimate of drug-likeness (QED) is 0.301. The Labute approximate surface area is 188 Å². The van der Waals surface area contributed by atoms with Gasteiger partial charge in [0.25, 0.3) is 0 Å². The number of amides is 2. The summed E-state index contributed by atoms with van der Waals surface area (Å²) >= 11 is 2.96. The highest BCUT2D eigenvalue weighted by Gasteiger charge is 2.08. The van der Waals surface area contributed by atoms with E-state index in [0.29, 0.717) is 12.2 Å². The van der Waals surface area contributed by atoms with E-state index in [1.165, 1.54) is 29.0 Å². The number of hydrogen-bond acceptors (Lipinski definition) is 7. The fraction of sp³-hybridized carbons (Fsp3) is 0.0909. The number of hydrogen-bond donors (Lipinski definition) is 3. The van der Waals surface area contributed by atoms with Crippen LogP contribution in [0.25, 0.3) is 21.3 Å². The number of benzene rings is 2. The van der Waals surface area contributed by atoms with Crippen molar-refractivity contribution in [2.75, 3.05) is 11.1 Å². The number of anilines is 2. The zero-order chi connectivity index (χ0) is 22.2. The van der Waals surface area contributed by atoms with Crippen molar-refractivity contribution in [3.05, 3.63) is 65.8 Å². The van der Waals surface area contributed by atoms with Crippen LogP contribution in [0.5, 0.6) is 0 Å². The van der Waals surface area contributed by atoms with Crippen LogP contribution >= 0.6 is 23.3 Å². The van der Waals surface area contributed by atoms with Gasteiger partial charge in [-0.3, -0.25) is 14.3 Å². The number of nitrogen functional groups attached to an aromatic ring is 1. The molecule has 0 saturated carbocycles. The van der Waals surface area contributed by atoms with E-state index >= 15 is 0 Å². The molecule has 0 saturated heterocycles. The highest BCUT2D eigenvalue weighted by atomic mass is 32.2. The molecule has 4 N–H and O–H groups in total. The highest BCUT2D eigenvalue weighted by molar-refractivity contribution is 7.98. The first-order valence-corrected chi connectivity index (χ1v) is 11.0. The Bertz CT molecular complexity index is 1190. The van der Waals surface area contributed by atoms with Crippen molar-refractivity contribution in [1.29, 1.82) is 0 Å². The number of nitrogens with two attached hydrogens (primary N) is 1. The summed E-state index contributed by atoms with van der Waals surface area (Å²) in [7, 11) is 0. The molecule has 0 spiro atoms. The average Bonchev–Trinajstić information content (AvgIpc) is 3.20. The van der Waals surface area contributed by atoms with Gasteiger partial charge in [0.15, 0.2) is 0 Å². The molecule has 31 heavy (non-hydrogen) atoms. The molecule has 4 rings (SSSR count). The topological polar surface area (TPSA) is 110 Å². The van der Waals surface area contributed by atoms with Crippen LogP contribution in [0.4, 0.5) is 11.5 Å². The van der Waals surface area contributed by atoms with E-state index in [1.54, 1.807) is 29.7 Å². The van der Waals surface area contributed by atoms with Gasteiger partial charge in [0, 0.05) is 38.5 Å². The van der Waals surface area contributed by atoms with Crippen molar-refractivity contribution in [1.82, 2.24) is 14.7 Å². The van der Waals surface area contributed by atoms with Crippen molar-refractivity contribution < 1.29 is 9.59 Å². The molecule has 2 aromatic carbocycles. The van der Waals surface area contributed by atoms with Gasteiger partial charge in [0.05, 0.1) is 17.6 Å². The van der Waals surface area contributed by atoms with Gasteiger partial charge in [-0.2, -0.15) is 0 Å². The summed E-state index contributed by atoms with van der Waals surface area (Å²) in [6.45, 7) is 3.33. The van der Waals surface area contributed by atoms with E-state index in [9.17, 15) is 9.59 Å². The van der Waals surface area contributed by atoms with Crippen molar-refractivity contribution in [3.8, 4) is 11.3 Å². The first-order chi connectivity index (χ1) is 15.0. The maximum Gasteiger partial charge on any atom is 0.226 e. The van der Waals surface area contributed by atoms with Crippen LogP contribution in [-0.4, -0.2) is 22.3 Å². The fourth-order valence-corrected chi connectivity index (χ4v) is 4.10. The van der Waals surface area contributed by atoms with Gasteiger partial charge >= 0.3 is 0 Å². The Morgan fingerprint density at radius 1 is 1.16 bits per heavy atom. The molecule has 0 aliphatic heterocycles. The molecule has 2 amide bonds. The molecular formula is C22H21N5O2S2. The lowest BCUT2D eigenvalue weighted by Gasteiger charge is -2.02. The summed E-state index contributed by atoms with van der Waals surface area (Å²) < 4.78 is 3.86. The minimum atomic E-state index is -0.0925. The minimum Gasteiger partial charge on any atom is -0.382 e. The first kappa shape index (κ1) is 22.3. The number of nitrogens with one attached hydrogen (secondary N) is 2. The van der Waals surface area contributed by atoms with Crippen LogP contribution in [0, 0.1) is 6.92 Å². The van der Waals surface area contributed by atoms with Crippen molar-refractivity contribution in [2.24, 2.45) is 0 Å². The van der Waals surface area contributed by atoms with E-state index in [0.717, 1.165) is 27.5 Å². The minimum absolute atomic E-state index is 0.0925. The molecule has 0 atom stereocenters. The van der Waals surface area contributed by atoms with Crippen LogP contribution in [0.1, 0.15) is 12.6 Å². The smallest absolute Gasteiger partial charge is 0.226 e. The number of aryl methyl sites for hydroxylation is 1. The summed E-state index contributed by atoms with van der Waals surface area (Å²) in [5.74, 6) is 0.401. The van der Waals surface area contributed by atoms with Gasteiger partial charge in [-0.15, -0.1) is 11.3 Å². The number of thiophene rings is 1. The number of carbonyl (C=O) groups is 2. The van der Waals surface area contributed by atoms with E-state index in [4.69, 9.17) is 5.73 Å². The molecule has 4 aromatic rings. The molecule has 0 fully saturated rings. The molecule has 9 heteroatoms. The maximum absolute atomic E-state index is 10.6. The second-order valence-electron chi connectivity index (χ2n) is 6.42. The average molecular weight is 452 g/mol. The molecule has 2 aromatic heterocycles. The number of carbonyl (C=O) groups excluding carboxylic acids is 2. The van der Waals surface area contributed by atoms with Gasteiger partial charge in [0.2, 0.25) is 12.3 Å². The Morgan fingerprint density at radius 2 is 1.90 bits per heavy atom. The van der Waals surface area contributed by atoms with E-state index < -0.39 is 0 Å². The van der Waals surface area contributed by atoms with Crippen molar-refractivity contribution >= 4 is 57.2 Å². The lowest BCUT2D eigenvalue weighted by atomic mass is 10.1. The van der Waals surface area contributed by atoms with Gasteiger partial charge in [-0.25, -0.2) is 9.97 Å². The zero-order valence-corrected chi connectivity index (χ0v) is 18.6. The maximum atomic E-state index is 10.6. The molecule has 158 valence electrons. The third-order valence-corrected chi connectivity index (χ3v) is 6.00. The number of fused-ring (bicyclic) bond motifs is 1. The molecule has 0 aliphatic carbocycles. The molecule has 0 radical (unpaired) electrons. The van der Waals surface area contributed by atoms with Gasteiger partial charge in [-0.1, -0.05) is 18.2 Å². The second kappa shape index (κ2) is 10.6. The van der Waals surface area contributed by atoms with Gasteiger partial charge in [0.1, 0.15) is 5.82 Å². The molecule has 2 heterocycles. The zero-order valence-electron chi connectivity index (χ0n) is 17.0. The van der Waals surface area contributed by atoms with E-state index in [2.05, 4.69) is 37.5 Å². The van der Waals surface area contributed by atoms with Gasteiger partial charge < -0.3 is 11.1 Å². The van der Waals surface area contributed by atoms with Crippen LogP contribution in [0.3, 0.4) is 0 Å². The molecular weight excluding hydrogens is 430 g/mol. The number of nitrogens with zero attached hydrogens (tertiary/aromatic N) is 2. The number of aromatic nitrogens is 2. The largest absolute Gasteiger partial charge is 0.382 e. The lowest BCUT2D eigenvalue weighted by Crippen LogP contribution is -2.09. The summed E-state index contributed by atoms with van der Waals surface area (Å²) in [4.78, 5) is 30.3. The third-order valence-electron chi connectivity index (χ3n) is 4.13. The first-order valence-electron chi connectivity index (χ1n) is 9.27. The standard InChI is InChI=1S/C13H11N3S.C9H10N2O2S/c1-8-13(14)15-6-11(16-8)10-7-17-12-5-3-2-4-9(10)12;1-7(13)11-14-9-4-2-8(3-5-9)10-6-12/h2-7H,1H3,(H2,14,15);2-6H,1H3,(H,10,12)(H,11,13). The number of rotatable bonds is 5. The van der Waals surface area contributed by atoms with Crippen LogP contribution < -0.4 is 15.8 Å². The van der Waals surface area contributed by atoms with E-state index in [1.807, 2.05) is 31.2 Å². The Kier molecular flexibility index (Phi) is 7.58. The molecule has 7 nitrogen and oxygen atoms in total. The normalized spacial score (nSPS) is 10.1. The summed E-state index contributed by atoms with van der Waals surface area (Å²) in [5.41, 5.74) is 9.20. The second-order valence-corrected chi connectivity index (χ2v) is 8.21. The molecule has 0 aliphatic rings. The molecule has 0 bridgehead atoms. The van der Waals surface area contributed by atoms with Crippen LogP contribution in [0.2, 0.25) is 0 Å². The Morgan fingerprint density at radius 3 is 2.58 bits per heavy atom. The summed E-state index contributed by atoms with van der Waals surface area (Å²) in [6.07, 6.45) is 2.35. The van der Waals surface area contributed by atoms with Crippen molar-refractivity contribution in [3.63, 3.8) is 0 Å². The summed E-state index contributed by atoms with van der Waals surface area (Å²) in [5, 5.41) is 5.86. The lowest BCUT2D eigenvalue weighted by molar-refractivity contribution is -0.117. The third kappa shape index (κ3) is 6.03. The predicted octanol–water partition coefficient (Wildman–Crippen LogP) is 4.65. The summed E-state index contributed by atoms with van der Waals surface area (Å²) in [6, 6.07) is 15.4. The highest BCUT2D eigenvalue weighted by Crippen LogP contribution is 2.32. The Balaban J connectivity index is 0.000000180. The van der Waals surface area contributed by atoms with Crippen LogP contribution in [-0.2, 0) is 9.59 Å². The monoisotopic (exact) mass is 451 g/mol.